The maximum Gasteiger partial charge on any atom is 0.230 e. The number of carbonyl (C=O) groups is 1. The van der Waals surface area contributed by atoms with E-state index in [1.54, 1.807) is 0 Å². The predicted molar refractivity (Wildman–Crippen MR) is 79.1 cm³/mol. The summed E-state index contributed by atoms with van der Waals surface area (Å²) in [6.45, 7) is 4.84. The highest BCUT2D eigenvalue weighted by Crippen LogP contribution is 2.20. The molecule has 0 saturated heterocycles. The van der Waals surface area contributed by atoms with E-state index in [4.69, 9.17) is 5.73 Å². The fourth-order valence-corrected chi connectivity index (χ4v) is 2.29. The summed E-state index contributed by atoms with van der Waals surface area (Å²) in [6.07, 6.45) is 0. The summed E-state index contributed by atoms with van der Waals surface area (Å²) in [5.41, 5.74) is 8.16. The van der Waals surface area contributed by atoms with Gasteiger partial charge < -0.3 is 16.0 Å². The molecule has 19 heavy (non-hydrogen) atoms. The highest BCUT2D eigenvalue weighted by atomic mass is 32.2. The molecule has 0 spiro atoms. The van der Waals surface area contributed by atoms with E-state index in [-0.39, 0.29) is 5.91 Å². The molecule has 5 nitrogen and oxygen atoms in total. The Morgan fingerprint density at radius 3 is 3.05 bits per heavy atom. The fourth-order valence-electron chi connectivity index (χ4n) is 1.58. The maximum atomic E-state index is 11.6. The molecule has 1 aromatic heterocycles. The molecular formula is C13H18N4OS. The third-order valence-electron chi connectivity index (χ3n) is 2.53. The zero-order chi connectivity index (χ0) is 13.8. The van der Waals surface area contributed by atoms with Gasteiger partial charge in [-0.15, -0.1) is 0 Å². The summed E-state index contributed by atoms with van der Waals surface area (Å²) < 4.78 is 0. The summed E-state index contributed by atoms with van der Waals surface area (Å²) in [5, 5.41) is 3.61. The lowest BCUT2D eigenvalue weighted by Crippen LogP contribution is -2.28. The molecule has 1 aromatic carbocycles. The number of benzene rings is 1. The molecule has 0 aliphatic heterocycles. The summed E-state index contributed by atoms with van der Waals surface area (Å²) >= 11 is 1.39. The van der Waals surface area contributed by atoms with Crippen LogP contribution < -0.4 is 11.1 Å². The molecule has 0 aliphatic rings. The number of nitrogen functional groups attached to an aromatic ring is 1. The minimum Gasteiger partial charge on any atom is -0.399 e. The van der Waals surface area contributed by atoms with E-state index >= 15 is 0 Å². The van der Waals surface area contributed by atoms with E-state index < -0.39 is 0 Å². The number of H-pyrrole nitrogens is 1. The largest absolute Gasteiger partial charge is 0.399 e. The van der Waals surface area contributed by atoms with Gasteiger partial charge in [0.05, 0.1) is 16.8 Å². The van der Waals surface area contributed by atoms with Crippen LogP contribution in [0.4, 0.5) is 5.69 Å². The number of imidazole rings is 1. The Morgan fingerprint density at radius 2 is 2.32 bits per heavy atom. The molecule has 6 heteroatoms. The Kier molecular flexibility index (Phi) is 4.31. The van der Waals surface area contributed by atoms with Crippen LogP contribution in [-0.4, -0.2) is 28.2 Å². The second-order valence-corrected chi connectivity index (χ2v) is 5.77. The van der Waals surface area contributed by atoms with Crippen molar-refractivity contribution in [3.05, 3.63) is 18.2 Å². The van der Waals surface area contributed by atoms with E-state index in [0.29, 0.717) is 23.9 Å². The Balaban J connectivity index is 1.92. The van der Waals surface area contributed by atoms with Crippen LogP contribution in [0.3, 0.4) is 0 Å². The molecule has 0 fully saturated rings. The van der Waals surface area contributed by atoms with E-state index in [2.05, 4.69) is 29.1 Å². The van der Waals surface area contributed by atoms with E-state index in [9.17, 15) is 4.79 Å². The number of carbonyl (C=O) groups excluding carboxylic acids is 1. The number of fused-ring (bicyclic) bond motifs is 1. The quantitative estimate of drug-likeness (QED) is 0.577. The van der Waals surface area contributed by atoms with Crippen LogP contribution in [-0.2, 0) is 4.79 Å². The molecule has 1 heterocycles. The van der Waals surface area contributed by atoms with Crippen molar-refractivity contribution < 1.29 is 4.79 Å². The fraction of sp³-hybridized carbons (Fsp3) is 0.385. The van der Waals surface area contributed by atoms with Gasteiger partial charge in [-0.05, 0) is 24.1 Å². The SMILES string of the molecule is CC(C)CNC(=O)CSc1nc2ccc(N)cc2[nH]1. The van der Waals surface area contributed by atoms with Crippen LogP contribution in [0, 0.1) is 5.92 Å². The van der Waals surface area contributed by atoms with E-state index in [1.165, 1.54) is 11.8 Å². The molecule has 0 aliphatic carbocycles. The molecule has 0 atom stereocenters. The second-order valence-electron chi connectivity index (χ2n) is 4.81. The minimum atomic E-state index is 0.0265. The number of amides is 1. The smallest absolute Gasteiger partial charge is 0.230 e. The van der Waals surface area contributed by atoms with Crippen LogP contribution in [0.2, 0.25) is 0 Å². The highest BCUT2D eigenvalue weighted by Gasteiger charge is 2.07. The van der Waals surface area contributed by atoms with Gasteiger partial charge in [-0.2, -0.15) is 0 Å². The van der Waals surface area contributed by atoms with Crippen molar-refractivity contribution in [1.29, 1.82) is 0 Å². The van der Waals surface area contributed by atoms with Crippen LogP contribution in [0.5, 0.6) is 0 Å². The van der Waals surface area contributed by atoms with E-state index in [1.807, 2.05) is 18.2 Å². The second kappa shape index (κ2) is 5.97. The first-order chi connectivity index (χ1) is 9.04. The Bertz CT molecular complexity index is 579. The zero-order valence-corrected chi connectivity index (χ0v) is 11.9. The van der Waals surface area contributed by atoms with Gasteiger partial charge >= 0.3 is 0 Å². The van der Waals surface area contributed by atoms with Gasteiger partial charge in [-0.3, -0.25) is 4.79 Å². The van der Waals surface area contributed by atoms with Crippen molar-refractivity contribution in [2.75, 3.05) is 18.0 Å². The number of rotatable bonds is 5. The van der Waals surface area contributed by atoms with Gasteiger partial charge in [-0.1, -0.05) is 25.6 Å². The number of hydrogen-bond donors (Lipinski definition) is 3. The first-order valence-electron chi connectivity index (χ1n) is 6.19. The summed E-state index contributed by atoms with van der Waals surface area (Å²) in [5.74, 6) is 0.851. The lowest BCUT2D eigenvalue weighted by Gasteiger charge is -2.06. The summed E-state index contributed by atoms with van der Waals surface area (Å²) in [7, 11) is 0. The van der Waals surface area contributed by atoms with Crippen molar-refractivity contribution in [2.45, 2.75) is 19.0 Å². The topological polar surface area (TPSA) is 83.8 Å². The Labute approximate surface area is 116 Å². The van der Waals surface area contributed by atoms with Gasteiger partial charge in [0.25, 0.3) is 0 Å². The highest BCUT2D eigenvalue weighted by molar-refractivity contribution is 7.99. The molecule has 0 saturated carbocycles. The van der Waals surface area contributed by atoms with Gasteiger partial charge in [0.1, 0.15) is 0 Å². The van der Waals surface area contributed by atoms with Gasteiger partial charge in [0.2, 0.25) is 5.91 Å². The third-order valence-corrected chi connectivity index (χ3v) is 3.40. The van der Waals surface area contributed by atoms with Crippen molar-refractivity contribution >= 4 is 34.4 Å². The van der Waals surface area contributed by atoms with E-state index in [0.717, 1.165) is 16.2 Å². The lowest BCUT2D eigenvalue weighted by molar-refractivity contribution is -0.118. The van der Waals surface area contributed by atoms with Gasteiger partial charge in [-0.25, -0.2) is 4.98 Å². The van der Waals surface area contributed by atoms with Crippen LogP contribution in [0.15, 0.2) is 23.4 Å². The number of aromatic nitrogens is 2. The molecule has 0 radical (unpaired) electrons. The minimum absolute atomic E-state index is 0.0265. The number of aromatic amines is 1. The molecular weight excluding hydrogens is 260 g/mol. The monoisotopic (exact) mass is 278 g/mol. The molecule has 1 amide bonds. The number of hydrogen-bond acceptors (Lipinski definition) is 4. The number of nitrogens with zero attached hydrogens (tertiary/aromatic N) is 1. The van der Waals surface area contributed by atoms with Crippen LogP contribution in [0.1, 0.15) is 13.8 Å². The normalized spacial score (nSPS) is 11.1. The molecule has 102 valence electrons. The first-order valence-corrected chi connectivity index (χ1v) is 7.18. The molecule has 2 rings (SSSR count). The van der Waals surface area contributed by atoms with Crippen molar-refractivity contribution in [3.63, 3.8) is 0 Å². The molecule has 2 aromatic rings. The molecule has 0 bridgehead atoms. The zero-order valence-electron chi connectivity index (χ0n) is 11.1. The molecule has 0 unspecified atom stereocenters. The average molecular weight is 278 g/mol. The number of nitrogens with two attached hydrogens (primary N) is 1. The number of thioether (sulfide) groups is 1. The summed E-state index contributed by atoms with van der Waals surface area (Å²) in [6, 6.07) is 5.52. The molecule has 4 N–H and O–H groups in total. The first kappa shape index (κ1) is 13.7. The van der Waals surface area contributed by atoms with Crippen molar-refractivity contribution in [2.24, 2.45) is 5.92 Å². The third kappa shape index (κ3) is 3.89. The predicted octanol–water partition coefficient (Wildman–Crippen LogP) is 2.01. The van der Waals surface area contributed by atoms with Crippen LogP contribution >= 0.6 is 11.8 Å². The Hall–Kier alpha value is -1.69. The van der Waals surface area contributed by atoms with Crippen molar-refractivity contribution in [1.82, 2.24) is 15.3 Å². The van der Waals surface area contributed by atoms with Gasteiger partial charge in [0, 0.05) is 12.2 Å². The lowest BCUT2D eigenvalue weighted by atomic mass is 10.2. The Morgan fingerprint density at radius 1 is 1.53 bits per heavy atom. The van der Waals surface area contributed by atoms with Gasteiger partial charge in [0.15, 0.2) is 5.16 Å². The number of nitrogens with one attached hydrogen (secondary N) is 2. The average Bonchev–Trinajstić information content (AvgIpc) is 2.75. The number of anilines is 1. The van der Waals surface area contributed by atoms with Crippen molar-refractivity contribution in [3.8, 4) is 0 Å². The summed E-state index contributed by atoms with van der Waals surface area (Å²) in [4.78, 5) is 19.1. The van der Waals surface area contributed by atoms with Crippen LogP contribution in [0.25, 0.3) is 11.0 Å². The maximum absolute atomic E-state index is 11.6. The standard InChI is InChI=1S/C13H18N4OS/c1-8(2)6-15-12(18)7-19-13-16-10-4-3-9(14)5-11(10)17-13/h3-5,8H,6-7,14H2,1-2H3,(H,15,18)(H,16,17).